The lowest BCUT2D eigenvalue weighted by Gasteiger charge is -2.35. The summed E-state index contributed by atoms with van der Waals surface area (Å²) in [7, 11) is 0. The van der Waals surface area contributed by atoms with Crippen LogP contribution in [-0.2, 0) is 16.0 Å². The Balaban J connectivity index is 1.51. The van der Waals surface area contributed by atoms with Crippen molar-refractivity contribution in [3.05, 3.63) is 35.4 Å². The molecule has 0 saturated carbocycles. The molecule has 5 nitrogen and oxygen atoms in total. The second-order valence-electron chi connectivity index (χ2n) is 6.92. The molecule has 0 bridgehead atoms. The molecule has 2 heterocycles. The molecule has 1 aromatic carbocycles. The minimum atomic E-state index is -0.266. The highest BCUT2D eigenvalue weighted by Gasteiger charge is 2.31. The summed E-state index contributed by atoms with van der Waals surface area (Å²) < 4.78 is 5.48. The van der Waals surface area contributed by atoms with E-state index in [0.29, 0.717) is 32.8 Å². The highest BCUT2D eigenvalue weighted by molar-refractivity contribution is 5.94. The fraction of sp³-hybridized carbons (Fsp3) is 0.600. The number of unbranched alkanes of at least 4 members (excludes halogenated alkanes) is 1. The van der Waals surface area contributed by atoms with Crippen molar-refractivity contribution in [1.29, 1.82) is 0 Å². The van der Waals surface area contributed by atoms with E-state index in [0.717, 1.165) is 24.8 Å². The molecule has 0 radical (unpaired) electrons. The van der Waals surface area contributed by atoms with Gasteiger partial charge in [-0.15, -0.1) is 0 Å². The van der Waals surface area contributed by atoms with Gasteiger partial charge in [0.1, 0.15) is 6.10 Å². The third-order valence-electron chi connectivity index (χ3n) is 5.10. The number of ether oxygens (including phenoxy) is 1. The summed E-state index contributed by atoms with van der Waals surface area (Å²) in [6, 6.07) is 7.97. The van der Waals surface area contributed by atoms with Crippen LogP contribution >= 0.6 is 0 Å². The maximum Gasteiger partial charge on any atom is 0.253 e. The first-order chi connectivity index (χ1) is 12.2. The summed E-state index contributed by atoms with van der Waals surface area (Å²) in [5.41, 5.74) is 2.02. The average molecular weight is 344 g/mol. The second-order valence-corrected chi connectivity index (χ2v) is 6.92. The zero-order chi connectivity index (χ0) is 17.6. The van der Waals surface area contributed by atoms with Crippen molar-refractivity contribution in [2.75, 3.05) is 32.8 Å². The lowest BCUT2D eigenvalue weighted by molar-refractivity contribution is -0.142. The van der Waals surface area contributed by atoms with E-state index in [1.54, 1.807) is 0 Å². The van der Waals surface area contributed by atoms with Gasteiger partial charge in [0.05, 0.1) is 0 Å². The summed E-state index contributed by atoms with van der Waals surface area (Å²) >= 11 is 0. The molecule has 0 spiro atoms. The minimum absolute atomic E-state index is 0.0613. The zero-order valence-corrected chi connectivity index (χ0v) is 15.1. The number of aryl methyl sites for hydroxylation is 1. The number of hydrogen-bond donors (Lipinski definition) is 0. The first kappa shape index (κ1) is 17.9. The van der Waals surface area contributed by atoms with E-state index in [1.807, 2.05) is 21.9 Å². The van der Waals surface area contributed by atoms with E-state index in [-0.39, 0.29) is 17.9 Å². The van der Waals surface area contributed by atoms with Crippen LogP contribution in [0.5, 0.6) is 0 Å². The molecule has 2 fully saturated rings. The van der Waals surface area contributed by atoms with Crippen molar-refractivity contribution in [2.24, 2.45) is 0 Å². The Kier molecular flexibility index (Phi) is 6.08. The second kappa shape index (κ2) is 8.48. The van der Waals surface area contributed by atoms with E-state index in [4.69, 9.17) is 4.74 Å². The van der Waals surface area contributed by atoms with Crippen LogP contribution in [0.4, 0.5) is 0 Å². The van der Waals surface area contributed by atoms with Gasteiger partial charge in [-0.2, -0.15) is 0 Å². The molecule has 1 aromatic rings. The Labute approximate surface area is 149 Å². The van der Waals surface area contributed by atoms with Crippen LogP contribution in [0.2, 0.25) is 0 Å². The number of rotatable bonds is 5. The lowest BCUT2D eigenvalue weighted by atomic mass is 10.1. The minimum Gasteiger partial charge on any atom is -0.368 e. The van der Waals surface area contributed by atoms with Crippen molar-refractivity contribution >= 4 is 11.8 Å². The van der Waals surface area contributed by atoms with Crippen molar-refractivity contribution in [2.45, 2.75) is 45.1 Å². The molecule has 25 heavy (non-hydrogen) atoms. The highest BCUT2D eigenvalue weighted by atomic mass is 16.5. The molecule has 136 valence electrons. The first-order valence-corrected chi connectivity index (χ1v) is 9.47. The Hall–Kier alpha value is -1.88. The topological polar surface area (TPSA) is 49.9 Å². The number of piperazine rings is 1. The molecule has 2 amide bonds. The quantitative estimate of drug-likeness (QED) is 0.825. The van der Waals surface area contributed by atoms with Gasteiger partial charge in [0, 0.05) is 38.3 Å². The van der Waals surface area contributed by atoms with Gasteiger partial charge >= 0.3 is 0 Å². The van der Waals surface area contributed by atoms with Crippen LogP contribution < -0.4 is 0 Å². The van der Waals surface area contributed by atoms with Crippen molar-refractivity contribution in [1.82, 2.24) is 9.80 Å². The molecular weight excluding hydrogens is 316 g/mol. The fourth-order valence-electron chi connectivity index (χ4n) is 3.48. The molecule has 1 atom stereocenters. The van der Waals surface area contributed by atoms with Crippen LogP contribution in [0.3, 0.4) is 0 Å². The maximum absolute atomic E-state index is 12.7. The maximum atomic E-state index is 12.7. The van der Waals surface area contributed by atoms with Gasteiger partial charge < -0.3 is 14.5 Å². The third kappa shape index (κ3) is 4.40. The molecule has 2 aliphatic heterocycles. The van der Waals surface area contributed by atoms with Crippen molar-refractivity contribution in [3.8, 4) is 0 Å². The standard InChI is InChI=1S/C20H28N2O3/c1-2-3-5-16-7-9-17(10-8-16)19(23)21-11-13-22(14-12-21)20(24)18-6-4-15-25-18/h7-10,18H,2-6,11-15H2,1H3. The van der Waals surface area contributed by atoms with Gasteiger partial charge in [-0.3, -0.25) is 9.59 Å². The number of benzene rings is 1. The fourth-order valence-corrected chi connectivity index (χ4v) is 3.48. The third-order valence-corrected chi connectivity index (χ3v) is 5.10. The summed E-state index contributed by atoms with van der Waals surface area (Å²) in [5.74, 6) is 0.149. The molecule has 5 heteroatoms. The Morgan fingerprint density at radius 3 is 2.36 bits per heavy atom. The van der Waals surface area contributed by atoms with Gasteiger partial charge in [-0.05, 0) is 43.4 Å². The SMILES string of the molecule is CCCCc1ccc(C(=O)N2CCN(C(=O)C3CCCO3)CC2)cc1. The number of hydrogen-bond acceptors (Lipinski definition) is 3. The largest absolute Gasteiger partial charge is 0.368 e. The number of carbonyl (C=O) groups is 2. The van der Waals surface area contributed by atoms with Crippen molar-refractivity contribution in [3.63, 3.8) is 0 Å². The number of amides is 2. The molecule has 3 rings (SSSR count). The molecule has 2 aliphatic rings. The summed E-state index contributed by atoms with van der Waals surface area (Å²) in [5, 5.41) is 0. The first-order valence-electron chi connectivity index (χ1n) is 9.47. The smallest absolute Gasteiger partial charge is 0.253 e. The number of nitrogens with zero attached hydrogens (tertiary/aromatic N) is 2. The molecule has 2 saturated heterocycles. The number of carbonyl (C=O) groups excluding carboxylic acids is 2. The Morgan fingerprint density at radius 1 is 1.08 bits per heavy atom. The summed E-state index contributed by atoms with van der Waals surface area (Å²) in [4.78, 5) is 28.7. The molecular formula is C20H28N2O3. The van der Waals surface area contributed by atoms with Gasteiger partial charge in [0.25, 0.3) is 11.8 Å². The van der Waals surface area contributed by atoms with Gasteiger partial charge in [-0.25, -0.2) is 0 Å². The Bertz CT molecular complexity index is 585. The normalized spacial score (nSPS) is 20.8. The molecule has 0 aliphatic carbocycles. The van der Waals surface area contributed by atoms with Gasteiger partial charge in [-0.1, -0.05) is 25.5 Å². The van der Waals surface area contributed by atoms with E-state index in [1.165, 1.54) is 18.4 Å². The van der Waals surface area contributed by atoms with E-state index >= 15 is 0 Å². The zero-order valence-electron chi connectivity index (χ0n) is 15.1. The van der Waals surface area contributed by atoms with Crippen molar-refractivity contribution < 1.29 is 14.3 Å². The van der Waals surface area contributed by atoms with Gasteiger partial charge in [0.2, 0.25) is 0 Å². The van der Waals surface area contributed by atoms with Crippen LogP contribution in [0.25, 0.3) is 0 Å². The average Bonchev–Trinajstić information content (AvgIpc) is 3.20. The predicted octanol–water partition coefficient (Wildman–Crippen LogP) is 2.49. The van der Waals surface area contributed by atoms with E-state index in [9.17, 15) is 9.59 Å². The van der Waals surface area contributed by atoms with Crippen LogP contribution in [0.15, 0.2) is 24.3 Å². The van der Waals surface area contributed by atoms with Crippen LogP contribution in [0, 0.1) is 0 Å². The Morgan fingerprint density at radius 2 is 1.76 bits per heavy atom. The monoisotopic (exact) mass is 344 g/mol. The molecule has 0 aromatic heterocycles. The lowest BCUT2D eigenvalue weighted by Crippen LogP contribution is -2.52. The molecule has 1 unspecified atom stereocenters. The highest BCUT2D eigenvalue weighted by Crippen LogP contribution is 2.17. The predicted molar refractivity (Wildman–Crippen MR) is 96.5 cm³/mol. The van der Waals surface area contributed by atoms with E-state index in [2.05, 4.69) is 19.1 Å². The van der Waals surface area contributed by atoms with Crippen LogP contribution in [0.1, 0.15) is 48.5 Å². The van der Waals surface area contributed by atoms with Gasteiger partial charge in [0.15, 0.2) is 0 Å². The summed E-state index contributed by atoms with van der Waals surface area (Å²) in [6.07, 6.45) is 4.93. The summed E-state index contributed by atoms with van der Waals surface area (Å²) in [6.45, 7) is 5.24. The van der Waals surface area contributed by atoms with Crippen LogP contribution in [-0.4, -0.2) is 60.5 Å². The molecule has 0 N–H and O–H groups in total. The van der Waals surface area contributed by atoms with E-state index < -0.39 is 0 Å².